The molecule has 1 rings (SSSR count). The Labute approximate surface area is 57.2 Å². The lowest BCUT2D eigenvalue weighted by atomic mass is 9.61. The van der Waals surface area contributed by atoms with Crippen molar-refractivity contribution in [2.45, 2.75) is 37.9 Å². The fourth-order valence-electron chi connectivity index (χ4n) is 1.32. The summed E-state index contributed by atoms with van der Waals surface area (Å²) in [6.45, 7) is 1.95. The van der Waals surface area contributed by atoms with Crippen molar-refractivity contribution in [1.82, 2.24) is 0 Å². The van der Waals surface area contributed by atoms with Gasteiger partial charge in [0.25, 0.3) is 0 Å². The molecule has 0 bridgehead atoms. The van der Waals surface area contributed by atoms with Crippen LogP contribution in [0.5, 0.6) is 0 Å². The molecule has 1 nitrogen and oxygen atoms in total. The molecule has 0 aliphatic heterocycles. The molecule has 1 saturated carbocycles. The number of carbonyl (C=O) groups excluding carboxylic acids is 1. The maximum atomic E-state index is 10.8. The Balaban J connectivity index is 2.51. The Kier molecular flexibility index (Phi) is 1.65. The Morgan fingerprint density at radius 1 is 1.67 bits per heavy atom. The average Bonchev–Trinajstić information content (AvgIpc) is 1.60. The topological polar surface area (TPSA) is 17.1 Å². The largest absolute Gasteiger partial charge is 0.300 e. The second-order valence-corrected chi connectivity index (χ2v) is 3.22. The van der Waals surface area contributed by atoms with E-state index in [1.54, 1.807) is 0 Å². The number of hydrogen-bond donors (Lipinski definition) is 0. The highest BCUT2D eigenvalue weighted by molar-refractivity contribution is 6.16. The van der Waals surface area contributed by atoms with Crippen LogP contribution in [-0.4, -0.2) is 13.6 Å². The molecule has 0 spiro atoms. The monoisotopic (exact) mass is 122 g/mol. The lowest BCUT2D eigenvalue weighted by Gasteiger charge is -2.28. The number of rotatable bonds is 0. The summed E-state index contributed by atoms with van der Waals surface area (Å²) in [5, 5.41) is -0.199. The van der Waals surface area contributed by atoms with E-state index in [1.807, 2.05) is 6.92 Å². The molecule has 0 heterocycles. The summed E-state index contributed by atoms with van der Waals surface area (Å²) in [7, 11) is 5.75. The smallest absolute Gasteiger partial charge is 0.132 e. The van der Waals surface area contributed by atoms with Gasteiger partial charge < -0.3 is 0 Å². The van der Waals surface area contributed by atoms with Crippen LogP contribution >= 0.6 is 0 Å². The quantitative estimate of drug-likeness (QED) is 0.444. The van der Waals surface area contributed by atoms with E-state index >= 15 is 0 Å². The highest BCUT2D eigenvalue weighted by atomic mass is 16.1. The van der Waals surface area contributed by atoms with Crippen LogP contribution in [0.15, 0.2) is 0 Å². The predicted octanol–water partition coefficient (Wildman–Crippen LogP) is 1.48. The molecule has 0 aromatic heterocycles. The van der Waals surface area contributed by atoms with Gasteiger partial charge in [0.05, 0.1) is 7.85 Å². The lowest BCUT2D eigenvalue weighted by molar-refractivity contribution is -0.121. The first kappa shape index (κ1) is 6.85. The highest BCUT2D eigenvalue weighted by Crippen LogP contribution is 2.36. The SMILES string of the molecule is [B]C1(C)CCCC(=O)C1. The van der Waals surface area contributed by atoms with E-state index < -0.39 is 0 Å². The molecule has 0 saturated heterocycles. The van der Waals surface area contributed by atoms with E-state index in [-0.39, 0.29) is 5.31 Å². The minimum atomic E-state index is -0.199. The molecule has 1 atom stereocenters. The molecule has 9 heavy (non-hydrogen) atoms. The van der Waals surface area contributed by atoms with Gasteiger partial charge in [0.1, 0.15) is 5.78 Å². The average molecular weight is 122 g/mol. The molecule has 0 amide bonds. The summed E-state index contributed by atoms with van der Waals surface area (Å²) in [5.74, 6) is 0.325. The predicted molar refractivity (Wildman–Crippen MR) is 37.6 cm³/mol. The van der Waals surface area contributed by atoms with Gasteiger partial charge in [0.15, 0.2) is 0 Å². The fraction of sp³-hybridized carbons (Fsp3) is 0.857. The lowest BCUT2D eigenvalue weighted by Crippen LogP contribution is -2.19. The van der Waals surface area contributed by atoms with Crippen molar-refractivity contribution in [2.24, 2.45) is 0 Å². The van der Waals surface area contributed by atoms with E-state index in [2.05, 4.69) is 0 Å². The van der Waals surface area contributed by atoms with Crippen molar-refractivity contribution < 1.29 is 4.79 Å². The number of ketones is 1. The van der Waals surface area contributed by atoms with E-state index in [1.165, 1.54) is 0 Å². The van der Waals surface area contributed by atoms with Gasteiger partial charge in [-0.05, 0) is 6.42 Å². The Morgan fingerprint density at radius 2 is 2.33 bits per heavy atom. The van der Waals surface area contributed by atoms with Crippen LogP contribution in [-0.2, 0) is 4.79 Å². The van der Waals surface area contributed by atoms with Gasteiger partial charge in [-0.2, -0.15) is 0 Å². The fourth-order valence-corrected chi connectivity index (χ4v) is 1.32. The zero-order chi connectivity index (χ0) is 6.91. The van der Waals surface area contributed by atoms with E-state index in [4.69, 9.17) is 7.85 Å². The van der Waals surface area contributed by atoms with Crippen molar-refractivity contribution in [1.29, 1.82) is 0 Å². The summed E-state index contributed by atoms with van der Waals surface area (Å²) in [6, 6.07) is 0. The molecule has 1 fully saturated rings. The zero-order valence-corrected chi connectivity index (χ0v) is 5.81. The molecule has 0 N–H and O–H groups in total. The first-order valence-electron chi connectivity index (χ1n) is 3.41. The van der Waals surface area contributed by atoms with Crippen molar-refractivity contribution in [2.75, 3.05) is 0 Å². The molecule has 1 unspecified atom stereocenters. The third kappa shape index (κ3) is 1.85. The Bertz CT molecular complexity index is 129. The second-order valence-electron chi connectivity index (χ2n) is 3.22. The summed E-state index contributed by atoms with van der Waals surface area (Å²) in [6.07, 6.45) is 3.30. The molecule has 0 aromatic rings. The second kappa shape index (κ2) is 2.16. The first-order valence-corrected chi connectivity index (χ1v) is 3.41. The molecule has 2 heteroatoms. The number of hydrogen-bond acceptors (Lipinski definition) is 1. The van der Waals surface area contributed by atoms with Crippen LogP contribution in [0.4, 0.5) is 0 Å². The molecule has 48 valence electrons. The van der Waals surface area contributed by atoms with Crippen LogP contribution < -0.4 is 0 Å². The van der Waals surface area contributed by atoms with Gasteiger partial charge in [0.2, 0.25) is 0 Å². The van der Waals surface area contributed by atoms with Gasteiger partial charge in [-0.25, -0.2) is 0 Å². The summed E-state index contributed by atoms with van der Waals surface area (Å²) in [4.78, 5) is 10.8. The van der Waals surface area contributed by atoms with E-state index in [9.17, 15) is 4.79 Å². The van der Waals surface area contributed by atoms with Gasteiger partial charge in [-0.15, -0.1) is 0 Å². The zero-order valence-electron chi connectivity index (χ0n) is 5.81. The van der Waals surface area contributed by atoms with Crippen molar-refractivity contribution in [3.63, 3.8) is 0 Å². The molecule has 2 radical (unpaired) electrons. The van der Waals surface area contributed by atoms with Crippen molar-refractivity contribution in [3.05, 3.63) is 0 Å². The molecule has 1 aliphatic rings. The van der Waals surface area contributed by atoms with Gasteiger partial charge in [-0.3, -0.25) is 4.79 Å². The highest BCUT2D eigenvalue weighted by Gasteiger charge is 2.25. The van der Waals surface area contributed by atoms with Gasteiger partial charge in [0, 0.05) is 12.8 Å². The molecular formula is C7H11BO. The number of carbonyl (C=O) groups is 1. The van der Waals surface area contributed by atoms with Crippen LogP contribution in [0.1, 0.15) is 32.6 Å². The van der Waals surface area contributed by atoms with Crippen LogP contribution in [0, 0.1) is 0 Å². The molecule has 1 aliphatic carbocycles. The van der Waals surface area contributed by atoms with Gasteiger partial charge >= 0.3 is 0 Å². The molecular weight excluding hydrogens is 111 g/mol. The van der Waals surface area contributed by atoms with Crippen LogP contribution in [0.2, 0.25) is 5.31 Å². The summed E-state index contributed by atoms with van der Waals surface area (Å²) in [5.41, 5.74) is 0. The first-order chi connectivity index (χ1) is 4.10. The minimum absolute atomic E-state index is 0.199. The maximum Gasteiger partial charge on any atom is 0.132 e. The standard InChI is InChI=1S/C7H11BO/c1-7(8)4-2-3-6(9)5-7/h2-5H2,1H3. The molecule has 0 aromatic carbocycles. The third-order valence-electron chi connectivity index (χ3n) is 1.80. The third-order valence-corrected chi connectivity index (χ3v) is 1.80. The Morgan fingerprint density at radius 3 is 2.67 bits per heavy atom. The van der Waals surface area contributed by atoms with Crippen LogP contribution in [0.3, 0.4) is 0 Å². The van der Waals surface area contributed by atoms with Gasteiger partial charge in [-0.1, -0.05) is 18.7 Å². The normalized spacial score (nSPS) is 36.8. The van der Waals surface area contributed by atoms with E-state index in [0.717, 1.165) is 19.3 Å². The summed E-state index contributed by atoms with van der Waals surface area (Å²) >= 11 is 0. The minimum Gasteiger partial charge on any atom is -0.300 e. The maximum absolute atomic E-state index is 10.8. The summed E-state index contributed by atoms with van der Waals surface area (Å²) < 4.78 is 0. The number of Topliss-reactive ketones (excluding diaryl/α,β-unsaturated/α-hetero) is 1. The Hall–Kier alpha value is -0.265. The van der Waals surface area contributed by atoms with E-state index in [0.29, 0.717) is 12.2 Å². The van der Waals surface area contributed by atoms with Crippen molar-refractivity contribution in [3.8, 4) is 0 Å². The van der Waals surface area contributed by atoms with Crippen LogP contribution in [0.25, 0.3) is 0 Å². The van der Waals surface area contributed by atoms with Crippen molar-refractivity contribution >= 4 is 13.6 Å².